The van der Waals surface area contributed by atoms with E-state index in [0.29, 0.717) is 6.54 Å². The first-order chi connectivity index (χ1) is 11.5. The zero-order chi connectivity index (χ0) is 17.3. The lowest BCUT2D eigenvalue weighted by Gasteiger charge is -2.24. The van der Waals surface area contributed by atoms with Crippen molar-refractivity contribution in [1.82, 2.24) is 9.88 Å². The highest BCUT2D eigenvalue weighted by Crippen LogP contribution is 2.33. The Hall–Kier alpha value is -2.96. The van der Waals surface area contributed by atoms with Gasteiger partial charge in [-0.05, 0) is 44.0 Å². The minimum absolute atomic E-state index is 0.134. The van der Waals surface area contributed by atoms with Gasteiger partial charge in [-0.25, -0.2) is 0 Å². The van der Waals surface area contributed by atoms with Gasteiger partial charge >= 0.3 is 5.69 Å². The number of hydrogen-bond acceptors (Lipinski definition) is 5. The molecule has 7 heteroatoms. The number of carbonyl (C=O) groups is 1. The predicted molar refractivity (Wildman–Crippen MR) is 86.7 cm³/mol. The molecule has 0 spiro atoms. The Morgan fingerprint density at radius 2 is 2.17 bits per heavy atom. The minimum Gasteiger partial charge on any atom is -0.502 e. The van der Waals surface area contributed by atoms with Crippen molar-refractivity contribution < 1.29 is 14.8 Å². The van der Waals surface area contributed by atoms with E-state index in [9.17, 15) is 20.0 Å². The number of pyridine rings is 1. The molecule has 24 heavy (non-hydrogen) atoms. The highest BCUT2D eigenvalue weighted by atomic mass is 16.6. The number of aryl methyl sites for hydroxylation is 1. The van der Waals surface area contributed by atoms with Crippen LogP contribution in [-0.2, 0) is 0 Å². The number of nitro benzene ring substituents is 1. The second-order valence-electron chi connectivity index (χ2n) is 5.82. The van der Waals surface area contributed by atoms with E-state index in [1.54, 1.807) is 4.90 Å². The molecule has 2 aromatic rings. The molecule has 0 radical (unpaired) electrons. The Labute approximate surface area is 138 Å². The van der Waals surface area contributed by atoms with E-state index in [2.05, 4.69) is 4.98 Å². The van der Waals surface area contributed by atoms with Crippen molar-refractivity contribution in [3.8, 4) is 5.75 Å². The van der Waals surface area contributed by atoms with Crippen LogP contribution in [0.15, 0.2) is 36.4 Å². The molecule has 1 amide bonds. The molecule has 124 valence electrons. The molecule has 1 aromatic heterocycles. The second-order valence-corrected chi connectivity index (χ2v) is 5.82. The van der Waals surface area contributed by atoms with Gasteiger partial charge in [0.15, 0.2) is 5.75 Å². The maximum absolute atomic E-state index is 12.8. The van der Waals surface area contributed by atoms with Crippen molar-refractivity contribution >= 4 is 11.6 Å². The summed E-state index contributed by atoms with van der Waals surface area (Å²) >= 11 is 0. The molecule has 1 aliphatic heterocycles. The van der Waals surface area contributed by atoms with Gasteiger partial charge in [0.2, 0.25) is 0 Å². The summed E-state index contributed by atoms with van der Waals surface area (Å²) < 4.78 is 0. The number of hydrogen-bond donors (Lipinski definition) is 1. The number of likely N-dealkylation sites (tertiary alicyclic amines) is 1. The van der Waals surface area contributed by atoms with Gasteiger partial charge in [0, 0.05) is 23.9 Å². The quantitative estimate of drug-likeness (QED) is 0.690. The van der Waals surface area contributed by atoms with Crippen LogP contribution in [0.5, 0.6) is 5.75 Å². The number of nitrogens with zero attached hydrogens (tertiary/aromatic N) is 3. The van der Waals surface area contributed by atoms with Crippen molar-refractivity contribution in [3.05, 3.63) is 63.5 Å². The van der Waals surface area contributed by atoms with E-state index < -0.39 is 16.4 Å². The number of carbonyl (C=O) groups excluding carboxylic acids is 1. The molecule has 0 bridgehead atoms. The normalized spacial score (nSPS) is 17.0. The van der Waals surface area contributed by atoms with E-state index in [0.717, 1.165) is 30.3 Å². The monoisotopic (exact) mass is 327 g/mol. The van der Waals surface area contributed by atoms with Gasteiger partial charge in [-0.15, -0.1) is 0 Å². The molecule has 1 fully saturated rings. The van der Waals surface area contributed by atoms with Gasteiger partial charge < -0.3 is 10.0 Å². The lowest BCUT2D eigenvalue weighted by Crippen LogP contribution is -2.31. The lowest BCUT2D eigenvalue weighted by atomic mass is 10.1. The third-order valence-corrected chi connectivity index (χ3v) is 4.18. The fourth-order valence-electron chi connectivity index (χ4n) is 3.04. The number of aromatic hydroxyl groups is 1. The third kappa shape index (κ3) is 2.92. The summed E-state index contributed by atoms with van der Waals surface area (Å²) in [6, 6.07) is 9.27. The zero-order valence-electron chi connectivity index (χ0n) is 13.2. The summed E-state index contributed by atoms with van der Waals surface area (Å²) in [7, 11) is 0. The van der Waals surface area contributed by atoms with Crippen molar-refractivity contribution in [3.63, 3.8) is 0 Å². The Balaban J connectivity index is 1.91. The molecule has 2 heterocycles. The van der Waals surface area contributed by atoms with Gasteiger partial charge in [0.25, 0.3) is 5.91 Å². The number of rotatable bonds is 3. The van der Waals surface area contributed by atoms with Crippen LogP contribution in [-0.4, -0.2) is 32.4 Å². The second kappa shape index (κ2) is 6.27. The van der Waals surface area contributed by atoms with Crippen LogP contribution in [0.2, 0.25) is 0 Å². The fourth-order valence-corrected chi connectivity index (χ4v) is 3.04. The van der Waals surface area contributed by atoms with E-state index in [-0.39, 0.29) is 17.5 Å². The highest BCUT2D eigenvalue weighted by Gasteiger charge is 2.32. The van der Waals surface area contributed by atoms with Crippen molar-refractivity contribution in [2.75, 3.05) is 6.54 Å². The minimum atomic E-state index is -0.699. The third-order valence-electron chi connectivity index (χ3n) is 4.18. The predicted octanol–water partition coefficient (Wildman–Crippen LogP) is 2.98. The Morgan fingerprint density at radius 3 is 2.88 bits per heavy atom. The average molecular weight is 327 g/mol. The summed E-state index contributed by atoms with van der Waals surface area (Å²) in [5.41, 5.74) is 1.44. The van der Waals surface area contributed by atoms with Crippen LogP contribution in [0.4, 0.5) is 5.69 Å². The Morgan fingerprint density at radius 1 is 1.38 bits per heavy atom. The average Bonchev–Trinajstić information content (AvgIpc) is 3.04. The molecule has 1 saturated heterocycles. The summed E-state index contributed by atoms with van der Waals surface area (Å²) in [4.78, 5) is 29.2. The zero-order valence-corrected chi connectivity index (χ0v) is 13.2. The molecule has 0 unspecified atom stereocenters. The van der Waals surface area contributed by atoms with Crippen molar-refractivity contribution in [2.45, 2.75) is 25.8 Å². The summed E-state index contributed by atoms with van der Waals surface area (Å²) in [6.45, 7) is 2.47. The van der Waals surface area contributed by atoms with Crippen LogP contribution in [0.3, 0.4) is 0 Å². The molecular weight excluding hydrogens is 310 g/mol. The first-order valence-electron chi connectivity index (χ1n) is 7.69. The molecule has 0 saturated carbocycles. The Kier molecular flexibility index (Phi) is 4.16. The Bertz CT molecular complexity index is 806. The molecule has 3 rings (SSSR count). The van der Waals surface area contributed by atoms with E-state index in [1.807, 2.05) is 25.1 Å². The highest BCUT2D eigenvalue weighted by molar-refractivity contribution is 5.95. The standard InChI is InChI=1S/C17H17N3O4/c1-11-4-2-5-13(18-11)14-6-3-9-19(14)17(22)12-7-8-16(21)15(10-12)20(23)24/h2,4-5,7-8,10,14,21H,3,6,9H2,1H3/t14-/m1/s1. The molecule has 1 atom stereocenters. The van der Waals surface area contributed by atoms with E-state index >= 15 is 0 Å². The van der Waals surface area contributed by atoms with Crippen LogP contribution in [0.1, 0.15) is 40.6 Å². The molecule has 1 aromatic carbocycles. The largest absolute Gasteiger partial charge is 0.502 e. The number of aromatic nitrogens is 1. The smallest absolute Gasteiger partial charge is 0.311 e. The molecule has 1 aliphatic rings. The molecule has 7 nitrogen and oxygen atoms in total. The van der Waals surface area contributed by atoms with Gasteiger partial charge in [0.05, 0.1) is 16.7 Å². The first-order valence-corrected chi connectivity index (χ1v) is 7.69. The summed E-state index contributed by atoms with van der Waals surface area (Å²) in [5, 5.41) is 20.5. The SMILES string of the molecule is Cc1cccc([C@H]2CCCN2C(=O)c2ccc(O)c([N+](=O)[O-])c2)n1. The van der Waals surface area contributed by atoms with Gasteiger partial charge in [-0.3, -0.25) is 19.9 Å². The fraction of sp³-hybridized carbons (Fsp3) is 0.294. The van der Waals surface area contributed by atoms with Crippen LogP contribution in [0.25, 0.3) is 0 Å². The number of nitro groups is 1. The molecule has 1 N–H and O–H groups in total. The van der Waals surface area contributed by atoms with Crippen molar-refractivity contribution in [2.24, 2.45) is 0 Å². The lowest BCUT2D eigenvalue weighted by molar-refractivity contribution is -0.385. The van der Waals surface area contributed by atoms with Crippen molar-refractivity contribution in [1.29, 1.82) is 0 Å². The van der Waals surface area contributed by atoms with Gasteiger partial charge in [-0.1, -0.05) is 6.07 Å². The van der Waals surface area contributed by atoms with E-state index in [1.165, 1.54) is 12.1 Å². The topological polar surface area (TPSA) is 96.6 Å². The van der Waals surface area contributed by atoms with E-state index in [4.69, 9.17) is 0 Å². The molecular formula is C17H17N3O4. The van der Waals surface area contributed by atoms with Gasteiger partial charge in [-0.2, -0.15) is 0 Å². The maximum Gasteiger partial charge on any atom is 0.311 e. The summed E-state index contributed by atoms with van der Waals surface area (Å²) in [5.74, 6) is -0.737. The molecule has 0 aliphatic carbocycles. The number of benzene rings is 1. The number of phenols is 1. The van der Waals surface area contributed by atoms with Gasteiger partial charge in [0.1, 0.15) is 0 Å². The van der Waals surface area contributed by atoms with Crippen LogP contribution < -0.4 is 0 Å². The summed E-state index contributed by atoms with van der Waals surface area (Å²) in [6.07, 6.45) is 1.66. The van der Waals surface area contributed by atoms with Crippen LogP contribution in [0, 0.1) is 17.0 Å². The number of phenolic OH excluding ortho intramolecular Hbond substituents is 1. The first kappa shape index (κ1) is 15.9. The maximum atomic E-state index is 12.8. The number of amides is 1. The van der Waals surface area contributed by atoms with Crippen LogP contribution >= 0.6 is 0 Å².